The molecule has 4 N–H and O–H groups in total. The third-order valence-corrected chi connectivity index (χ3v) is 1.99. The van der Waals surface area contributed by atoms with Crippen LogP contribution in [0.5, 0.6) is 0 Å². The minimum Gasteiger partial charge on any atom is -0.398 e. The zero-order chi connectivity index (χ0) is 10.6. The number of aryl methyl sites for hydroxylation is 1. The Labute approximate surface area is 83.4 Å². The van der Waals surface area contributed by atoms with E-state index in [1.54, 1.807) is 6.08 Å². The van der Waals surface area contributed by atoms with E-state index in [1.165, 1.54) is 11.6 Å². The largest absolute Gasteiger partial charge is 0.398 e. The Morgan fingerprint density at radius 2 is 2.21 bits per heavy atom. The molecular formula is C11H14N2O. The van der Waals surface area contributed by atoms with Gasteiger partial charge in [-0.2, -0.15) is 0 Å². The Balaban J connectivity index is 3.00. The van der Waals surface area contributed by atoms with Crippen LogP contribution in [0.2, 0.25) is 0 Å². The van der Waals surface area contributed by atoms with Crippen molar-refractivity contribution in [1.82, 2.24) is 0 Å². The average Bonchev–Trinajstić information content (AvgIpc) is 2.16. The molecule has 0 aliphatic rings. The van der Waals surface area contributed by atoms with Crippen LogP contribution in [0.15, 0.2) is 24.3 Å². The van der Waals surface area contributed by atoms with Crippen LogP contribution in [0.25, 0.3) is 6.08 Å². The molecule has 1 amide bonds. The predicted octanol–water partition coefficient (Wildman–Crippen LogP) is 1.33. The summed E-state index contributed by atoms with van der Waals surface area (Å²) in [7, 11) is 0. The van der Waals surface area contributed by atoms with Crippen LogP contribution in [0.1, 0.15) is 18.1 Å². The number of benzene rings is 1. The molecule has 3 heteroatoms. The number of primary amides is 1. The number of hydrogen-bond acceptors (Lipinski definition) is 2. The summed E-state index contributed by atoms with van der Waals surface area (Å²) in [5.41, 5.74) is 13.4. The minimum absolute atomic E-state index is 0.466. The van der Waals surface area contributed by atoms with Gasteiger partial charge in [0.05, 0.1) is 0 Å². The summed E-state index contributed by atoms with van der Waals surface area (Å²) in [6.45, 7) is 2.06. The number of nitrogens with two attached hydrogens (primary N) is 2. The van der Waals surface area contributed by atoms with E-state index in [-0.39, 0.29) is 0 Å². The molecule has 0 bridgehead atoms. The summed E-state index contributed by atoms with van der Waals surface area (Å²) in [5.74, 6) is -0.466. The maximum Gasteiger partial charge on any atom is 0.241 e. The first kappa shape index (κ1) is 10.3. The summed E-state index contributed by atoms with van der Waals surface area (Å²) in [4.78, 5) is 10.5. The fourth-order valence-electron chi connectivity index (χ4n) is 1.16. The van der Waals surface area contributed by atoms with Crippen LogP contribution < -0.4 is 11.5 Å². The van der Waals surface area contributed by atoms with Crippen molar-refractivity contribution in [2.75, 3.05) is 5.73 Å². The van der Waals surface area contributed by atoms with Crippen LogP contribution in [-0.2, 0) is 11.2 Å². The molecule has 1 aromatic rings. The van der Waals surface area contributed by atoms with Gasteiger partial charge in [-0.15, -0.1) is 0 Å². The van der Waals surface area contributed by atoms with Crippen molar-refractivity contribution in [3.05, 3.63) is 35.4 Å². The number of amides is 1. The molecule has 14 heavy (non-hydrogen) atoms. The van der Waals surface area contributed by atoms with E-state index in [2.05, 4.69) is 6.92 Å². The van der Waals surface area contributed by atoms with Crippen molar-refractivity contribution >= 4 is 17.7 Å². The van der Waals surface area contributed by atoms with Crippen molar-refractivity contribution in [2.24, 2.45) is 5.73 Å². The van der Waals surface area contributed by atoms with E-state index >= 15 is 0 Å². The zero-order valence-corrected chi connectivity index (χ0v) is 8.16. The van der Waals surface area contributed by atoms with Crippen molar-refractivity contribution in [3.8, 4) is 0 Å². The molecule has 0 saturated heterocycles. The van der Waals surface area contributed by atoms with Crippen LogP contribution in [0.3, 0.4) is 0 Å². The Kier molecular flexibility index (Phi) is 3.29. The maximum atomic E-state index is 10.5. The second-order valence-corrected chi connectivity index (χ2v) is 3.05. The highest BCUT2D eigenvalue weighted by atomic mass is 16.1. The Bertz CT molecular complexity index is 370. The van der Waals surface area contributed by atoms with Gasteiger partial charge in [-0.3, -0.25) is 4.79 Å². The molecule has 0 aliphatic heterocycles. The van der Waals surface area contributed by atoms with Crippen molar-refractivity contribution in [1.29, 1.82) is 0 Å². The molecule has 0 saturated carbocycles. The Morgan fingerprint density at radius 3 is 2.79 bits per heavy atom. The molecule has 1 rings (SSSR count). The third-order valence-electron chi connectivity index (χ3n) is 1.99. The van der Waals surface area contributed by atoms with Crippen molar-refractivity contribution < 1.29 is 4.79 Å². The van der Waals surface area contributed by atoms with Gasteiger partial charge in [-0.05, 0) is 35.8 Å². The van der Waals surface area contributed by atoms with Crippen LogP contribution in [-0.4, -0.2) is 5.91 Å². The lowest BCUT2D eigenvalue weighted by molar-refractivity contribution is -0.113. The van der Waals surface area contributed by atoms with E-state index < -0.39 is 5.91 Å². The number of rotatable bonds is 3. The number of nitrogen functional groups attached to an aromatic ring is 1. The highest BCUT2D eigenvalue weighted by Gasteiger charge is 1.97. The number of anilines is 1. The van der Waals surface area contributed by atoms with Gasteiger partial charge in [-0.25, -0.2) is 0 Å². The summed E-state index contributed by atoms with van der Waals surface area (Å²) in [6, 6.07) is 5.76. The molecule has 0 aliphatic carbocycles. The second kappa shape index (κ2) is 4.46. The third kappa shape index (κ3) is 2.62. The highest BCUT2D eigenvalue weighted by Crippen LogP contribution is 2.16. The molecule has 0 unspecified atom stereocenters. The smallest absolute Gasteiger partial charge is 0.241 e. The maximum absolute atomic E-state index is 10.5. The zero-order valence-electron chi connectivity index (χ0n) is 8.16. The Morgan fingerprint density at radius 1 is 1.50 bits per heavy atom. The van der Waals surface area contributed by atoms with E-state index in [4.69, 9.17) is 11.5 Å². The summed E-state index contributed by atoms with van der Waals surface area (Å²) < 4.78 is 0. The van der Waals surface area contributed by atoms with Gasteiger partial charge in [0, 0.05) is 11.8 Å². The molecule has 0 fully saturated rings. The molecule has 0 radical (unpaired) electrons. The first-order valence-corrected chi connectivity index (χ1v) is 4.49. The molecule has 3 nitrogen and oxygen atoms in total. The van der Waals surface area contributed by atoms with Gasteiger partial charge in [0.15, 0.2) is 0 Å². The summed E-state index contributed by atoms with van der Waals surface area (Å²) in [5, 5.41) is 0. The quantitative estimate of drug-likeness (QED) is 0.557. The highest BCUT2D eigenvalue weighted by molar-refractivity contribution is 5.91. The summed E-state index contributed by atoms with van der Waals surface area (Å²) in [6.07, 6.45) is 3.89. The predicted molar refractivity (Wildman–Crippen MR) is 58.5 cm³/mol. The number of carbonyl (C=O) groups excluding carboxylic acids is 1. The lowest BCUT2D eigenvalue weighted by Gasteiger charge is -2.02. The van der Waals surface area contributed by atoms with Crippen LogP contribution >= 0.6 is 0 Å². The average molecular weight is 190 g/mol. The van der Waals surface area contributed by atoms with Crippen molar-refractivity contribution in [2.45, 2.75) is 13.3 Å². The fourth-order valence-corrected chi connectivity index (χ4v) is 1.16. The molecule has 0 heterocycles. The monoisotopic (exact) mass is 190 g/mol. The van der Waals surface area contributed by atoms with Gasteiger partial charge >= 0.3 is 0 Å². The number of hydrogen-bond donors (Lipinski definition) is 2. The molecule has 0 spiro atoms. The minimum atomic E-state index is -0.466. The second-order valence-electron chi connectivity index (χ2n) is 3.05. The first-order valence-electron chi connectivity index (χ1n) is 4.49. The van der Waals surface area contributed by atoms with Crippen LogP contribution in [0.4, 0.5) is 5.69 Å². The van der Waals surface area contributed by atoms with Gasteiger partial charge < -0.3 is 11.5 Å². The topological polar surface area (TPSA) is 69.1 Å². The number of carbonyl (C=O) groups is 1. The van der Waals surface area contributed by atoms with Gasteiger partial charge in [0.1, 0.15) is 0 Å². The van der Waals surface area contributed by atoms with Gasteiger partial charge in [-0.1, -0.05) is 13.0 Å². The molecular weight excluding hydrogens is 176 g/mol. The van der Waals surface area contributed by atoms with Crippen LogP contribution in [0, 0.1) is 0 Å². The fraction of sp³-hybridized carbons (Fsp3) is 0.182. The van der Waals surface area contributed by atoms with E-state index in [1.807, 2.05) is 18.2 Å². The van der Waals surface area contributed by atoms with E-state index in [0.29, 0.717) is 5.69 Å². The normalized spacial score (nSPS) is 10.6. The summed E-state index contributed by atoms with van der Waals surface area (Å²) >= 11 is 0. The standard InChI is InChI=1S/C11H14N2O/c1-2-8-3-5-10(12)9(7-8)4-6-11(13)14/h3-7H,2,12H2,1H3,(H2,13,14). The molecule has 74 valence electrons. The van der Waals surface area contributed by atoms with Crippen molar-refractivity contribution in [3.63, 3.8) is 0 Å². The lowest BCUT2D eigenvalue weighted by atomic mass is 10.1. The van der Waals surface area contributed by atoms with E-state index in [9.17, 15) is 4.79 Å². The molecule has 0 aromatic heterocycles. The van der Waals surface area contributed by atoms with Gasteiger partial charge in [0.25, 0.3) is 0 Å². The first-order chi connectivity index (χ1) is 6.63. The SMILES string of the molecule is CCc1ccc(N)c(C=CC(N)=O)c1. The lowest BCUT2D eigenvalue weighted by Crippen LogP contribution is -2.05. The molecule has 0 atom stereocenters. The Hall–Kier alpha value is -1.77. The van der Waals surface area contributed by atoms with Gasteiger partial charge in [0.2, 0.25) is 5.91 Å². The van der Waals surface area contributed by atoms with E-state index in [0.717, 1.165) is 12.0 Å². The molecule has 1 aromatic carbocycles.